The number of halogens is 2. The van der Waals surface area contributed by atoms with E-state index in [0.29, 0.717) is 0 Å². The Balaban J connectivity index is 1.58. The molecule has 1 aliphatic carbocycles. The lowest BCUT2D eigenvalue weighted by Crippen LogP contribution is -2.41. The van der Waals surface area contributed by atoms with E-state index < -0.39 is 0 Å². The summed E-state index contributed by atoms with van der Waals surface area (Å²) in [5.41, 5.74) is 4.53. The van der Waals surface area contributed by atoms with Crippen molar-refractivity contribution in [1.82, 2.24) is 4.98 Å². The second kappa shape index (κ2) is 5.05. The van der Waals surface area contributed by atoms with Gasteiger partial charge in [0.1, 0.15) is 11.4 Å². The normalized spacial score (nSPS) is 21.6. The summed E-state index contributed by atoms with van der Waals surface area (Å²) in [5.74, 6) is 0.906. The molecular weight excluding hydrogens is 341 g/mol. The van der Waals surface area contributed by atoms with E-state index in [9.17, 15) is 0 Å². The Hall–Kier alpha value is -1.90. The highest BCUT2D eigenvalue weighted by Crippen LogP contribution is 2.42. The fourth-order valence-corrected chi connectivity index (χ4v) is 4.23. The summed E-state index contributed by atoms with van der Waals surface area (Å²) in [6.07, 6.45) is 7.10. The molecule has 4 heteroatoms. The zero-order valence-corrected chi connectivity index (χ0v) is 14.4. The van der Waals surface area contributed by atoms with E-state index in [-0.39, 0.29) is 5.60 Å². The van der Waals surface area contributed by atoms with Gasteiger partial charge in [-0.15, -0.1) is 0 Å². The molecule has 1 atom stereocenters. The van der Waals surface area contributed by atoms with Gasteiger partial charge in [0, 0.05) is 38.6 Å². The average molecular weight is 356 g/mol. The van der Waals surface area contributed by atoms with Crippen LogP contribution >= 0.6 is 23.2 Å². The molecule has 24 heavy (non-hydrogen) atoms. The molecule has 1 unspecified atom stereocenters. The number of aromatic amines is 1. The highest BCUT2D eigenvalue weighted by atomic mass is 35.5. The molecular formula is C20H15Cl2NO. The number of benzene rings is 2. The van der Waals surface area contributed by atoms with Crippen LogP contribution in [0.25, 0.3) is 17.0 Å². The summed E-state index contributed by atoms with van der Waals surface area (Å²) >= 11 is 12.3. The van der Waals surface area contributed by atoms with Crippen molar-refractivity contribution in [3.05, 3.63) is 69.3 Å². The Morgan fingerprint density at radius 3 is 2.79 bits per heavy atom. The number of hydrogen-bond acceptors (Lipinski definition) is 1. The SMILES string of the molecule is Clc1ccc2c(c1)C=CC1(CCc3[nH]c4ccc(Cl)cc4c3C1)O2. The Kier molecular flexibility index (Phi) is 3.04. The quantitative estimate of drug-likeness (QED) is 0.540. The lowest BCUT2D eigenvalue weighted by Gasteiger charge is -2.38. The molecule has 2 aromatic carbocycles. The monoisotopic (exact) mass is 355 g/mol. The van der Waals surface area contributed by atoms with Gasteiger partial charge in [0.2, 0.25) is 0 Å². The Labute approximate surface area is 150 Å². The van der Waals surface area contributed by atoms with Crippen molar-refractivity contribution in [2.45, 2.75) is 24.9 Å². The number of fused-ring (bicyclic) bond motifs is 4. The first-order chi connectivity index (χ1) is 11.6. The van der Waals surface area contributed by atoms with Crippen LogP contribution in [0.5, 0.6) is 5.75 Å². The molecule has 0 saturated carbocycles. The Morgan fingerprint density at radius 2 is 1.88 bits per heavy atom. The van der Waals surface area contributed by atoms with Crippen molar-refractivity contribution in [2.24, 2.45) is 0 Å². The minimum Gasteiger partial charge on any atom is -0.482 e. The molecule has 5 rings (SSSR count). The predicted octanol–water partition coefficient (Wildman–Crippen LogP) is 5.81. The van der Waals surface area contributed by atoms with Crippen molar-refractivity contribution in [3.63, 3.8) is 0 Å². The van der Waals surface area contributed by atoms with E-state index in [1.165, 1.54) is 16.6 Å². The number of rotatable bonds is 0. The molecule has 0 radical (unpaired) electrons. The number of nitrogens with one attached hydrogen (secondary N) is 1. The van der Waals surface area contributed by atoms with Gasteiger partial charge in [-0.05, 0) is 60.9 Å². The third kappa shape index (κ3) is 2.17. The van der Waals surface area contributed by atoms with Crippen LogP contribution in [-0.2, 0) is 12.8 Å². The zero-order valence-electron chi connectivity index (χ0n) is 12.9. The van der Waals surface area contributed by atoms with Gasteiger partial charge in [-0.25, -0.2) is 0 Å². The molecule has 2 heterocycles. The number of H-pyrrole nitrogens is 1. The highest BCUT2D eigenvalue weighted by molar-refractivity contribution is 6.31. The standard InChI is InChI=1S/C20H15Cl2NO/c21-13-2-4-19-12(9-13)5-7-20(24-19)8-6-18-16(11-20)15-10-14(22)1-3-17(15)23-18/h1-5,7,9-10,23H,6,8,11H2. The van der Waals surface area contributed by atoms with E-state index in [4.69, 9.17) is 27.9 Å². The Morgan fingerprint density at radius 1 is 1.04 bits per heavy atom. The van der Waals surface area contributed by atoms with Gasteiger partial charge in [0.15, 0.2) is 0 Å². The summed E-state index contributed by atoms with van der Waals surface area (Å²) < 4.78 is 6.43. The molecule has 0 saturated heterocycles. The summed E-state index contributed by atoms with van der Waals surface area (Å²) in [4.78, 5) is 3.54. The van der Waals surface area contributed by atoms with E-state index in [2.05, 4.69) is 23.2 Å². The first kappa shape index (κ1) is 14.4. The average Bonchev–Trinajstić information content (AvgIpc) is 2.92. The minimum atomic E-state index is -0.286. The van der Waals surface area contributed by atoms with Crippen molar-refractivity contribution < 1.29 is 4.74 Å². The largest absolute Gasteiger partial charge is 0.482 e. The molecule has 2 nitrogen and oxygen atoms in total. The predicted molar refractivity (Wildman–Crippen MR) is 99.2 cm³/mol. The van der Waals surface area contributed by atoms with E-state index in [1.807, 2.05) is 30.3 Å². The topological polar surface area (TPSA) is 25.0 Å². The van der Waals surface area contributed by atoms with Gasteiger partial charge in [-0.2, -0.15) is 0 Å². The first-order valence-corrected chi connectivity index (χ1v) is 8.84. The first-order valence-electron chi connectivity index (χ1n) is 8.09. The molecule has 1 aliphatic heterocycles. The Bertz CT molecular complexity index is 1000. The van der Waals surface area contributed by atoms with Crippen LogP contribution in [0.3, 0.4) is 0 Å². The number of ether oxygens (including phenoxy) is 1. The van der Waals surface area contributed by atoms with Crippen LogP contribution in [0, 0.1) is 0 Å². The summed E-state index contributed by atoms with van der Waals surface area (Å²) in [5, 5.41) is 2.70. The molecule has 0 fully saturated rings. The van der Waals surface area contributed by atoms with Crippen LogP contribution in [0.1, 0.15) is 23.2 Å². The summed E-state index contributed by atoms with van der Waals surface area (Å²) in [6.45, 7) is 0. The second-order valence-corrected chi connectivity index (χ2v) is 7.50. The molecule has 0 amide bonds. The van der Waals surface area contributed by atoms with Gasteiger partial charge < -0.3 is 9.72 Å². The smallest absolute Gasteiger partial charge is 0.132 e. The molecule has 3 aromatic rings. The third-order valence-corrected chi connectivity index (χ3v) is 5.55. The number of aromatic nitrogens is 1. The van der Waals surface area contributed by atoms with Gasteiger partial charge in [-0.1, -0.05) is 29.3 Å². The molecule has 1 aromatic heterocycles. The third-order valence-electron chi connectivity index (χ3n) is 5.08. The van der Waals surface area contributed by atoms with Crippen LogP contribution in [-0.4, -0.2) is 10.6 Å². The zero-order chi connectivity index (χ0) is 16.3. The molecule has 1 spiro atoms. The molecule has 0 bridgehead atoms. The van der Waals surface area contributed by atoms with E-state index in [0.717, 1.165) is 46.1 Å². The van der Waals surface area contributed by atoms with Crippen LogP contribution in [0.15, 0.2) is 42.5 Å². The van der Waals surface area contributed by atoms with Crippen molar-refractivity contribution in [1.29, 1.82) is 0 Å². The van der Waals surface area contributed by atoms with E-state index in [1.54, 1.807) is 0 Å². The van der Waals surface area contributed by atoms with Gasteiger partial charge in [0.05, 0.1) is 0 Å². The fraction of sp³-hybridized carbons (Fsp3) is 0.200. The lowest BCUT2D eigenvalue weighted by molar-refractivity contribution is 0.101. The maximum Gasteiger partial charge on any atom is 0.132 e. The summed E-state index contributed by atoms with van der Waals surface area (Å²) in [7, 11) is 0. The number of hydrogen-bond donors (Lipinski definition) is 1. The van der Waals surface area contributed by atoms with Gasteiger partial charge in [0.25, 0.3) is 0 Å². The van der Waals surface area contributed by atoms with Crippen LogP contribution < -0.4 is 4.74 Å². The van der Waals surface area contributed by atoms with Crippen molar-refractivity contribution in [2.75, 3.05) is 0 Å². The fourth-order valence-electron chi connectivity index (χ4n) is 3.88. The minimum absolute atomic E-state index is 0.286. The molecule has 120 valence electrons. The second-order valence-electron chi connectivity index (χ2n) is 6.63. The highest BCUT2D eigenvalue weighted by Gasteiger charge is 2.38. The maximum atomic E-state index is 6.43. The number of aryl methyl sites for hydroxylation is 1. The van der Waals surface area contributed by atoms with Crippen molar-refractivity contribution >= 4 is 40.2 Å². The van der Waals surface area contributed by atoms with Crippen LogP contribution in [0.2, 0.25) is 10.0 Å². The van der Waals surface area contributed by atoms with Gasteiger partial charge >= 0.3 is 0 Å². The van der Waals surface area contributed by atoms with E-state index >= 15 is 0 Å². The van der Waals surface area contributed by atoms with Crippen molar-refractivity contribution in [3.8, 4) is 5.75 Å². The molecule has 1 N–H and O–H groups in total. The van der Waals surface area contributed by atoms with Crippen LogP contribution in [0.4, 0.5) is 0 Å². The molecule has 2 aliphatic rings. The maximum absolute atomic E-state index is 6.43. The summed E-state index contributed by atoms with van der Waals surface area (Å²) in [6, 6.07) is 11.8. The lowest BCUT2D eigenvalue weighted by atomic mass is 9.80. The van der Waals surface area contributed by atoms with Gasteiger partial charge in [-0.3, -0.25) is 0 Å².